The summed E-state index contributed by atoms with van der Waals surface area (Å²) < 4.78 is 0. The van der Waals surface area contributed by atoms with Crippen LogP contribution in [0.25, 0.3) is 33.7 Å². The Labute approximate surface area is 213 Å². The molecule has 1 saturated heterocycles. The first-order chi connectivity index (χ1) is 17.7. The van der Waals surface area contributed by atoms with Gasteiger partial charge in [-0.2, -0.15) is 0 Å². The first-order valence-electron chi connectivity index (χ1n) is 11.8. The van der Waals surface area contributed by atoms with Crippen LogP contribution in [-0.4, -0.2) is 56.9 Å². The van der Waals surface area contributed by atoms with E-state index in [1.165, 1.54) is 0 Å². The molecule has 1 fully saturated rings. The Morgan fingerprint density at radius 1 is 0.861 bits per heavy atom. The van der Waals surface area contributed by atoms with E-state index >= 15 is 0 Å². The van der Waals surface area contributed by atoms with Gasteiger partial charge in [0.1, 0.15) is 11.3 Å². The van der Waals surface area contributed by atoms with Crippen molar-refractivity contribution < 1.29 is 4.79 Å². The number of hydrogen-bond acceptors (Lipinski definition) is 5. The number of rotatable bonds is 4. The Balaban J connectivity index is 1.21. The number of hydrogen-bond donors (Lipinski definition) is 1. The van der Waals surface area contributed by atoms with E-state index in [9.17, 15) is 4.79 Å². The molecule has 0 atom stereocenters. The van der Waals surface area contributed by atoms with Gasteiger partial charge in [-0.15, -0.1) is 0 Å². The van der Waals surface area contributed by atoms with Crippen molar-refractivity contribution in [2.75, 3.05) is 31.1 Å². The maximum absolute atomic E-state index is 13.3. The van der Waals surface area contributed by atoms with Gasteiger partial charge in [-0.25, -0.2) is 4.98 Å². The number of halogens is 1. The number of aromatic nitrogens is 4. The van der Waals surface area contributed by atoms with Gasteiger partial charge in [-0.3, -0.25) is 14.8 Å². The van der Waals surface area contributed by atoms with Crippen molar-refractivity contribution in [2.24, 2.45) is 0 Å². The second-order valence-electron chi connectivity index (χ2n) is 8.72. The Kier molecular flexibility index (Phi) is 5.83. The summed E-state index contributed by atoms with van der Waals surface area (Å²) in [5, 5.41) is 0.612. The number of carbonyl (C=O) groups excluding carboxylic acids is 1. The molecule has 1 N–H and O–H groups in total. The van der Waals surface area contributed by atoms with E-state index in [-0.39, 0.29) is 5.91 Å². The first kappa shape index (κ1) is 22.2. The molecule has 0 aliphatic carbocycles. The zero-order chi connectivity index (χ0) is 24.5. The number of nitrogens with zero attached hydrogens (tertiary/aromatic N) is 5. The number of fused-ring (bicyclic) bond motifs is 1. The number of benzene rings is 2. The van der Waals surface area contributed by atoms with Gasteiger partial charge in [0.2, 0.25) is 0 Å². The summed E-state index contributed by atoms with van der Waals surface area (Å²) in [5.74, 6) is 0.760. The summed E-state index contributed by atoms with van der Waals surface area (Å²) in [6.07, 6.45) is 5.29. The number of H-pyrrole nitrogens is 1. The summed E-state index contributed by atoms with van der Waals surface area (Å²) in [7, 11) is 0. The van der Waals surface area contributed by atoms with Crippen LogP contribution in [0.1, 0.15) is 10.4 Å². The summed E-state index contributed by atoms with van der Waals surface area (Å²) in [6.45, 7) is 2.92. The van der Waals surface area contributed by atoms with Crippen LogP contribution in [0.15, 0.2) is 85.3 Å². The molecule has 6 rings (SSSR count). The van der Waals surface area contributed by atoms with Crippen molar-refractivity contribution in [1.82, 2.24) is 24.8 Å². The van der Waals surface area contributed by atoms with Crippen LogP contribution < -0.4 is 4.90 Å². The predicted molar refractivity (Wildman–Crippen MR) is 142 cm³/mol. The Hall–Kier alpha value is -4.23. The lowest BCUT2D eigenvalue weighted by molar-refractivity contribution is 0.0746. The van der Waals surface area contributed by atoms with Gasteiger partial charge in [-0.1, -0.05) is 35.9 Å². The van der Waals surface area contributed by atoms with Crippen LogP contribution >= 0.6 is 11.6 Å². The summed E-state index contributed by atoms with van der Waals surface area (Å²) in [6, 6.07) is 21.3. The molecule has 178 valence electrons. The van der Waals surface area contributed by atoms with Gasteiger partial charge >= 0.3 is 0 Å². The standard InChI is InChI=1S/C28H23ClN6O/c29-23-5-2-6-24-26(23)33-27(32-24)20-4-1-3-19(17-20)25-18-21(7-12-31-25)28(36)35-15-13-34(14-16-35)22-8-10-30-11-9-22/h1-12,17-18H,13-16H2,(H,32,33). The minimum Gasteiger partial charge on any atom is -0.368 e. The number of carbonyl (C=O) groups is 1. The fraction of sp³-hybridized carbons (Fsp3) is 0.143. The molecule has 0 bridgehead atoms. The van der Waals surface area contributed by atoms with Crippen molar-refractivity contribution in [1.29, 1.82) is 0 Å². The molecule has 0 unspecified atom stereocenters. The molecule has 0 radical (unpaired) electrons. The molecular weight excluding hydrogens is 472 g/mol. The maximum Gasteiger partial charge on any atom is 0.254 e. The highest BCUT2D eigenvalue weighted by Crippen LogP contribution is 2.28. The van der Waals surface area contributed by atoms with E-state index in [1.807, 2.05) is 65.6 Å². The molecule has 0 saturated carbocycles. The highest BCUT2D eigenvalue weighted by molar-refractivity contribution is 6.35. The highest BCUT2D eigenvalue weighted by atomic mass is 35.5. The van der Waals surface area contributed by atoms with Crippen molar-refractivity contribution in [3.05, 3.63) is 95.9 Å². The number of para-hydroxylation sites is 1. The topological polar surface area (TPSA) is 78.0 Å². The monoisotopic (exact) mass is 494 g/mol. The zero-order valence-electron chi connectivity index (χ0n) is 19.4. The molecule has 0 spiro atoms. The summed E-state index contributed by atoms with van der Waals surface area (Å²) in [4.78, 5) is 34.1. The molecule has 7 nitrogen and oxygen atoms in total. The van der Waals surface area contributed by atoms with E-state index in [2.05, 4.69) is 24.8 Å². The van der Waals surface area contributed by atoms with Gasteiger partial charge < -0.3 is 14.8 Å². The lowest BCUT2D eigenvalue weighted by atomic mass is 10.1. The van der Waals surface area contributed by atoms with Crippen LogP contribution in [0.3, 0.4) is 0 Å². The van der Waals surface area contributed by atoms with Crippen molar-refractivity contribution in [3.63, 3.8) is 0 Å². The smallest absolute Gasteiger partial charge is 0.254 e. The Morgan fingerprint density at radius 3 is 2.44 bits per heavy atom. The molecule has 3 aromatic heterocycles. The summed E-state index contributed by atoms with van der Waals surface area (Å²) >= 11 is 6.30. The molecule has 1 amide bonds. The number of imidazole rings is 1. The average Bonchev–Trinajstić information content (AvgIpc) is 3.39. The predicted octanol–water partition coefficient (Wildman–Crippen LogP) is 5.30. The van der Waals surface area contributed by atoms with Crippen molar-refractivity contribution in [2.45, 2.75) is 0 Å². The van der Waals surface area contributed by atoms with E-state index in [4.69, 9.17) is 11.6 Å². The number of anilines is 1. The zero-order valence-corrected chi connectivity index (χ0v) is 20.2. The van der Waals surface area contributed by atoms with Gasteiger partial charge in [-0.05, 0) is 42.5 Å². The first-order valence-corrected chi connectivity index (χ1v) is 12.2. The Bertz CT molecular complexity index is 1540. The van der Waals surface area contributed by atoms with Crippen LogP contribution in [0.2, 0.25) is 5.02 Å². The highest BCUT2D eigenvalue weighted by Gasteiger charge is 2.23. The minimum absolute atomic E-state index is 0.0242. The third-order valence-corrected chi connectivity index (χ3v) is 6.80. The molecule has 1 aliphatic heterocycles. The molecule has 36 heavy (non-hydrogen) atoms. The number of aromatic amines is 1. The van der Waals surface area contributed by atoms with Crippen LogP contribution in [0.5, 0.6) is 0 Å². The molecular formula is C28H23ClN6O. The largest absolute Gasteiger partial charge is 0.368 e. The number of pyridine rings is 2. The lowest BCUT2D eigenvalue weighted by Gasteiger charge is -2.36. The van der Waals surface area contributed by atoms with E-state index in [0.29, 0.717) is 23.7 Å². The van der Waals surface area contributed by atoms with Gasteiger partial charge in [0, 0.05) is 67.1 Å². The number of amides is 1. The molecule has 1 aliphatic rings. The molecule has 8 heteroatoms. The van der Waals surface area contributed by atoms with E-state index in [1.54, 1.807) is 24.7 Å². The number of nitrogens with one attached hydrogen (secondary N) is 1. The molecule has 2 aromatic carbocycles. The van der Waals surface area contributed by atoms with Gasteiger partial charge in [0.15, 0.2) is 0 Å². The fourth-order valence-electron chi connectivity index (χ4n) is 4.59. The quantitative estimate of drug-likeness (QED) is 0.366. The molecule has 5 aromatic rings. The third-order valence-electron chi connectivity index (χ3n) is 6.50. The minimum atomic E-state index is 0.0242. The number of piperazine rings is 1. The van der Waals surface area contributed by atoms with Crippen molar-refractivity contribution >= 4 is 34.2 Å². The fourth-order valence-corrected chi connectivity index (χ4v) is 4.80. The van der Waals surface area contributed by atoms with Crippen molar-refractivity contribution in [3.8, 4) is 22.6 Å². The second-order valence-corrected chi connectivity index (χ2v) is 9.12. The van der Waals surface area contributed by atoms with Crippen LogP contribution in [-0.2, 0) is 0 Å². The second kappa shape index (κ2) is 9.43. The van der Waals surface area contributed by atoms with Crippen LogP contribution in [0, 0.1) is 0 Å². The summed E-state index contributed by atoms with van der Waals surface area (Å²) in [5.41, 5.74) is 5.98. The third kappa shape index (κ3) is 4.29. The maximum atomic E-state index is 13.3. The average molecular weight is 495 g/mol. The normalized spacial score (nSPS) is 13.8. The van der Waals surface area contributed by atoms with Gasteiger partial charge in [0.05, 0.1) is 16.2 Å². The van der Waals surface area contributed by atoms with Crippen LogP contribution in [0.4, 0.5) is 5.69 Å². The van der Waals surface area contributed by atoms with E-state index < -0.39 is 0 Å². The Morgan fingerprint density at radius 2 is 1.64 bits per heavy atom. The SMILES string of the molecule is O=C(c1ccnc(-c2cccc(-c3nc4c(Cl)cccc4[nH]3)c2)c1)N1CCN(c2ccncc2)CC1. The molecule has 4 heterocycles. The lowest BCUT2D eigenvalue weighted by Crippen LogP contribution is -2.48. The van der Waals surface area contributed by atoms with Gasteiger partial charge in [0.25, 0.3) is 5.91 Å². The van der Waals surface area contributed by atoms with E-state index in [0.717, 1.165) is 52.5 Å².